The van der Waals surface area contributed by atoms with Crippen LogP contribution in [0.1, 0.15) is 15.9 Å². The number of hydrogen-bond acceptors (Lipinski definition) is 7. The van der Waals surface area contributed by atoms with Crippen molar-refractivity contribution in [3.63, 3.8) is 0 Å². The molecule has 5 rings (SSSR count). The fourth-order valence-electron chi connectivity index (χ4n) is 4.19. The quantitative estimate of drug-likeness (QED) is 0.550. The monoisotopic (exact) mass is 445 g/mol. The lowest BCUT2D eigenvalue weighted by atomic mass is 10.1. The van der Waals surface area contributed by atoms with Gasteiger partial charge in [-0.25, -0.2) is 4.98 Å². The number of aromatic nitrogens is 1. The number of pyridine rings is 1. The van der Waals surface area contributed by atoms with Gasteiger partial charge >= 0.3 is 0 Å². The second-order valence-electron chi connectivity index (χ2n) is 8.17. The van der Waals surface area contributed by atoms with Crippen molar-refractivity contribution in [3.05, 3.63) is 65.9 Å². The average Bonchev–Trinajstić information content (AvgIpc) is 2.85. The molecule has 170 valence electrons. The Balaban J connectivity index is 1.37. The molecule has 1 atom stereocenters. The maximum Gasteiger partial charge on any atom is 0.253 e. The normalized spacial score (nSPS) is 16.8. The molecular weight excluding hydrogens is 418 g/mol. The highest BCUT2D eigenvalue weighted by molar-refractivity contribution is 6.00. The van der Waals surface area contributed by atoms with E-state index in [1.165, 1.54) is 0 Å². The summed E-state index contributed by atoms with van der Waals surface area (Å²) in [6.45, 7) is 4.92. The van der Waals surface area contributed by atoms with E-state index in [2.05, 4.69) is 31.9 Å². The summed E-state index contributed by atoms with van der Waals surface area (Å²) in [5, 5.41) is 9.44. The number of fused-ring (bicyclic) bond motifs is 3. The van der Waals surface area contributed by atoms with Gasteiger partial charge in [0.15, 0.2) is 0 Å². The third-order valence-corrected chi connectivity index (χ3v) is 5.97. The largest absolute Gasteiger partial charge is 0.489 e. The van der Waals surface area contributed by atoms with Crippen molar-refractivity contribution in [3.8, 4) is 5.75 Å². The van der Waals surface area contributed by atoms with Gasteiger partial charge in [-0.2, -0.15) is 0 Å². The summed E-state index contributed by atoms with van der Waals surface area (Å²) >= 11 is 0. The van der Waals surface area contributed by atoms with Crippen LogP contribution in [-0.2, 0) is 4.74 Å². The first-order chi connectivity index (χ1) is 16.1. The second kappa shape index (κ2) is 8.99. The summed E-state index contributed by atoms with van der Waals surface area (Å²) in [5.41, 5.74) is 5.16. The number of morpholine rings is 1. The minimum absolute atomic E-state index is 0.139. The Bertz CT molecular complexity index is 1180. The summed E-state index contributed by atoms with van der Waals surface area (Å²) in [6, 6.07) is 15.8. The summed E-state index contributed by atoms with van der Waals surface area (Å²) in [7, 11) is 1.63. The van der Waals surface area contributed by atoms with Crippen LogP contribution in [0.2, 0.25) is 0 Å². The van der Waals surface area contributed by atoms with Gasteiger partial charge in [0, 0.05) is 43.3 Å². The predicted molar refractivity (Wildman–Crippen MR) is 129 cm³/mol. The second-order valence-corrected chi connectivity index (χ2v) is 8.17. The number of carbonyl (C=O) groups is 1. The van der Waals surface area contributed by atoms with Crippen LogP contribution in [0.4, 0.5) is 28.6 Å². The summed E-state index contributed by atoms with van der Waals surface area (Å²) < 4.78 is 11.6. The van der Waals surface area contributed by atoms with Gasteiger partial charge in [-0.3, -0.25) is 4.79 Å². The zero-order chi connectivity index (χ0) is 22.8. The number of amides is 1. The smallest absolute Gasteiger partial charge is 0.253 e. The zero-order valence-electron chi connectivity index (χ0n) is 18.7. The highest BCUT2D eigenvalue weighted by Crippen LogP contribution is 2.37. The lowest BCUT2D eigenvalue weighted by molar-refractivity contribution is 0.0705. The number of benzene rings is 2. The fraction of sp³-hybridized carbons (Fsp3) is 0.280. The standard InChI is InChI=1S/C25H27N5O3/c1-16-13-27-24(12-21(16)29-20-6-4-3-5-19(20)25(31)26-2)28-17-7-8-22-23(11-17)33-15-18-14-32-10-9-30(18)22/h3-8,11-13,18H,9-10,14-15H2,1-2H3,(H,26,31)(H2,27,28,29). The minimum atomic E-state index is -0.139. The Hall–Kier alpha value is -3.78. The van der Waals surface area contributed by atoms with Gasteiger partial charge in [0.05, 0.1) is 36.2 Å². The van der Waals surface area contributed by atoms with Gasteiger partial charge in [-0.15, -0.1) is 0 Å². The third kappa shape index (κ3) is 4.29. The Morgan fingerprint density at radius 1 is 1.09 bits per heavy atom. The SMILES string of the molecule is CNC(=O)c1ccccc1Nc1cc(Nc2ccc3c(c2)OCC2COCCN32)ncc1C. The molecule has 1 aromatic heterocycles. The first kappa shape index (κ1) is 21.1. The van der Waals surface area contributed by atoms with E-state index in [1.54, 1.807) is 19.3 Å². The van der Waals surface area contributed by atoms with E-state index >= 15 is 0 Å². The van der Waals surface area contributed by atoms with Crippen molar-refractivity contribution in [2.45, 2.75) is 13.0 Å². The molecule has 1 unspecified atom stereocenters. The Morgan fingerprint density at radius 3 is 2.85 bits per heavy atom. The van der Waals surface area contributed by atoms with Gasteiger partial charge in [-0.1, -0.05) is 12.1 Å². The van der Waals surface area contributed by atoms with Gasteiger partial charge in [0.2, 0.25) is 0 Å². The van der Waals surface area contributed by atoms with Crippen LogP contribution < -0.4 is 25.6 Å². The molecule has 0 aliphatic carbocycles. The van der Waals surface area contributed by atoms with Crippen molar-refractivity contribution in [1.82, 2.24) is 10.3 Å². The first-order valence-electron chi connectivity index (χ1n) is 11.1. The molecule has 8 nitrogen and oxygen atoms in total. The number of ether oxygens (including phenoxy) is 2. The van der Waals surface area contributed by atoms with Crippen LogP contribution in [0.25, 0.3) is 0 Å². The molecule has 1 saturated heterocycles. The summed E-state index contributed by atoms with van der Waals surface area (Å²) in [5.74, 6) is 1.42. The molecule has 33 heavy (non-hydrogen) atoms. The molecular formula is C25H27N5O3. The Morgan fingerprint density at radius 2 is 1.97 bits per heavy atom. The molecule has 0 spiro atoms. The van der Waals surface area contributed by atoms with Crippen molar-refractivity contribution in [1.29, 1.82) is 0 Å². The van der Waals surface area contributed by atoms with Crippen LogP contribution in [0.5, 0.6) is 5.75 Å². The molecule has 3 N–H and O–H groups in total. The molecule has 0 radical (unpaired) electrons. The van der Waals surface area contributed by atoms with Gasteiger partial charge in [0.1, 0.15) is 18.2 Å². The van der Waals surface area contributed by atoms with Crippen molar-refractivity contribution >= 4 is 34.5 Å². The van der Waals surface area contributed by atoms with Crippen LogP contribution in [0, 0.1) is 6.92 Å². The lowest BCUT2D eigenvalue weighted by Gasteiger charge is -2.41. The number of rotatable bonds is 5. The predicted octanol–water partition coefficient (Wildman–Crippen LogP) is 3.83. The van der Waals surface area contributed by atoms with E-state index in [0.717, 1.165) is 47.2 Å². The molecule has 3 aromatic rings. The van der Waals surface area contributed by atoms with Crippen LogP contribution in [0.15, 0.2) is 54.7 Å². The average molecular weight is 446 g/mol. The van der Waals surface area contributed by atoms with Gasteiger partial charge in [0.25, 0.3) is 5.91 Å². The zero-order valence-corrected chi connectivity index (χ0v) is 18.7. The molecule has 1 amide bonds. The van der Waals surface area contributed by atoms with E-state index in [4.69, 9.17) is 9.47 Å². The van der Waals surface area contributed by atoms with Crippen molar-refractivity contribution in [2.24, 2.45) is 0 Å². The summed E-state index contributed by atoms with van der Waals surface area (Å²) in [6.07, 6.45) is 1.81. The molecule has 3 heterocycles. The molecule has 0 saturated carbocycles. The Labute approximate surface area is 192 Å². The molecule has 2 aromatic carbocycles. The Kier molecular flexibility index (Phi) is 5.75. The maximum absolute atomic E-state index is 12.2. The summed E-state index contributed by atoms with van der Waals surface area (Å²) in [4.78, 5) is 19.1. The molecule has 1 fully saturated rings. The lowest BCUT2D eigenvalue weighted by Crippen LogP contribution is -2.51. The van der Waals surface area contributed by atoms with E-state index in [-0.39, 0.29) is 11.9 Å². The number of carbonyl (C=O) groups excluding carboxylic acids is 1. The fourth-order valence-corrected chi connectivity index (χ4v) is 4.19. The van der Waals surface area contributed by atoms with E-state index in [9.17, 15) is 4.79 Å². The molecule has 8 heteroatoms. The number of nitrogens with one attached hydrogen (secondary N) is 3. The number of anilines is 5. The van der Waals surface area contributed by atoms with Crippen molar-refractivity contribution in [2.75, 3.05) is 48.9 Å². The highest BCUT2D eigenvalue weighted by atomic mass is 16.5. The van der Waals surface area contributed by atoms with Crippen molar-refractivity contribution < 1.29 is 14.3 Å². The van der Waals surface area contributed by atoms with Crippen LogP contribution in [-0.4, -0.2) is 50.3 Å². The van der Waals surface area contributed by atoms with Gasteiger partial charge < -0.3 is 30.3 Å². The minimum Gasteiger partial charge on any atom is -0.489 e. The highest BCUT2D eigenvalue weighted by Gasteiger charge is 2.30. The van der Waals surface area contributed by atoms with Crippen LogP contribution in [0.3, 0.4) is 0 Å². The number of aryl methyl sites for hydroxylation is 1. The molecule has 2 aliphatic heterocycles. The number of para-hydroxylation sites is 1. The van der Waals surface area contributed by atoms with E-state index < -0.39 is 0 Å². The number of nitrogens with zero attached hydrogens (tertiary/aromatic N) is 2. The van der Waals surface area contributed by atoms with Crippen LogP contribution >= 0.6 is 0 Å². The van der Waals surface area contributed by atoms with Gasteiger partial charge in [-0.05, 0) is 36.8 Å². The number of hydrogen-bond donors (Lipinski definition) is 3. The van der Waals surface area contributed by atoms with E-state index in [1.807, 2.05) is 43.3 Å². The molecule has 2 aliphatic rings. The maximum atomic E-state index is 12.2. The third-order valence-electron chi connectivity index (χ3n) is 5.97. The first-order valence-corrected chi connectivity index (χ1v) is 11.1. The van der Waals surface area contributed by atoms with E-state index in [0.29, 0.717) is 24.6 Å². The molecule has 0 bridgehead atoms. The topological polar surface area (TPSA) is 87.8 Å².